The predicted octanol–water partition coefficient (Wildman–Crippen LogP) is 20.9. The number of allylic oxidation sites excluding steroid dienone is 5. The highest BCUT2D eigenvalue weighted by atomic mass is 16.7. The van der Waals surface area contributed by atoms with Gasteiger partial charge in [-0.15, -0.1) is 0 Å². The highest BCUT2D eigenvalue weighted by Gasteiger charge is 2.44. The molecular weight excluding hydrogens is 1120 g/mol. The lowest BCUT2D eigenvalue weighted by molar-refractivity contribution is -0.302. The lowest BCUT2D eigenvalue weighted by Gasteiger charge is -2.40. The van der Waals surface area contributed by atoms with Crippen LogP contribution in [-0.2, 0) is 23.8 Å². The van der Waals surface area contributed by atoms with E-state index in [-0.39, 0.29) is 18.5 Å². The maximum atomic E-state index is 13.0. The standard InChI is InChI=1S/C79H149NO10/c1-3-5-7-9-11-13-15-16-40-44-47-51-55-59-63-67-75(84)88-68-64-60-56-52-48-45-42-39-37-35-33-31-29-27-25-23-21-19-17-18-20-22-24-26-28-30-32-34-36-38-41-43-46-50-54-58-62-66-74(83)80-71(70-89-79-78(87)77(86)76(85)73(69-81)90-79)72(82)65-61-57-53-49-14-12-10-8-6-4-2/h17,19,23,25,61,65,71-73,76-79,81-82,85-87H,3-16,18,20-22,24,26-60,62-64,66-70H2,1-2H3,(H,80,83)/b19-17-,25-23-,65-61+. The number of unbranched alkanes of at least 4 members (excludes halogenated alkanes) is 52. The largest absolute Gasteiger partial charge is 0.466 e. The number of hydrogen-bond acceptors (Lipinski definition) is 10. The van der Waals surface area contributed by atoms with Crippen molar-refractivity contribution in [2.45, 2.75) is 436 Å². The van der Waals surface area contributed by atoms with Crippen molar-refractivity contribution in [3.8, 4) is 0 Å². The zero-order chi connectivity index (χ0) is 65.1. The van der Waals surface area contributed by atoms with Crippen molar-refractivity contribution < 1.29 is 49.3 Å². The number of hydrogen-bond donors (Lipinski definition) is 6. The van der Waals surface area contributed by atoms with E-state index < -0.39 is 49.5 Å². The number of amides is 1. The van der Waals surface area contributed by atoms with Crippen LogP contribution in [0.25, 0.3) is 0 Å². The molecule has 11 nitrogen and oxygen atoms in total. The third-order valence-corrected chi connectivity index (χ3v) is 18.7. The van der Waals surface area contributed by atoms with Crippen LogP contribution in [0.5, 0.6) is 0 Å². The Hall–Kier alpha value is -2.12. The van der Waals surface area contributed by atoms with E-state index in [4.69, 9.17) is 14.2 Å². The molecule has 530 valence electrons. The van der Waals surface area contributed by atoms with Crippen LogP contribution in [0, 0.1) is 0 Å². The number of carbonyl (C=O) groups is 2. The fourth-order valence-corrected chi connectivity index (χ4v) is 12.6. The van der Waals surface area contributed by atoms with Gasteiger partial charge in [-0.3, -0.25) is 9.59 Å². The maximum Gasteiger partial charge on any atom is 0.305 e. The molecule has 0 aromatic carbocycles. The molecule has 1 aliphatic heterocycles. The van der Waals surface area contributed by atoms with Crippen molar-refractivity contribution >= 4 is 11.9 Å². The lowest BCUT2D eigenvalue weighted by atomic mass is 9.99. The average molecular weight is 1270 g/mol. The number of nitrogens with one attached hydrogen (secondary N) is 1. The van der Waals surface area contributed by atoms with Crippen molar-refractivity contribution in [1.29, 1.82) is 0 Å². The van der Waals surface area contributed by atoms with Gasteiger partial charge >= 0.3 is 5.97 Å². The fourth-order valence-electron chi connectivity index (χ4n) is 12.6. The van der Waals surface area contributed by atoms with Gasteiger partial charge in [0.05, 0.1) is 32.0 Å². The Kier molecular flexibility index (Phi) is 65.2. The maximum absolute atomic E-state index is 13.0. The van der Waals surface area contributed by atoms with Gasteiger partial charge in [0.2, 0.25) is 5.91 Å². The summed E-state index contributed by atoms with van der Waals surface area (Å²) in [5.74, 6) is -0.162. The summed E-state index contributed by atoms with van der Waals surface area (Å²) in [6.45, 7) is 4.37. The van der Waals surface area contributed by atoms with Crippen molar-refractivity contribution in [1.82, 2.24) is 5.32 Å². The van der Waals surface area contributed by atoms with Crippen LogP contribution in [0.3, 0.4) is 0 Å². The SMILES string of the molecule is CCCCCCCCCC/C=C/C(O)C(COC1OC(CO)C(O)C(O)C1O)NC(=O)CCCCCCCCCCCCCCCCCCC/C=C\C/C=C\CCCCCCCCCCCCCCCOC(=O)CCCCCCCCCCCCCCCCC. The molecule has 6 N–H and O–H groups in total. The van der Waals surface area contributed by atoms with E-state index in [0.29, 0.717) is 19.4 Å². The van der Waals surface area contributed by atoms with Gasteiger partial charge in [-0.2, -0.15) is 0 Å². The summed E-state index contributed by atoms with van der Waals surface area (Å²) in [6.07, 6.45) is 79.0. The highest BCUT2D eigenvalue weighted by Crippen LogP contribution is 2.24. The Morgan fingerprint density at radius 3 is 1.12 bits per heavy atom. The Morgan fingerprint density at radius 1 is 0.411 bits per heavy atom. The monoisotopic (exact) mass is 1270 g/mol. The molecule has 11 heteroatoms. The zero-order valence-electron chi connectivity index (χ0n) is 59.1. The topological polar surface area (TPSA) is 175 Å². The molecule has 1 rings (SSSR count). The van der Waals surface area contributed by atoms with Gasteiger partial charge in [-0.1, -0.05) is 352 Å². The van der Waals surface area contributed by atoms with E-state index in [9.17, 15) is 35.1 Å². The molecule has 1 aliphatic rings. The molecule has 1 fully saturated rings. The first kappa shape index (κ1) is 85.9. The van der Waals surface area contributed by atoms with Crippen molar-refractivity contribution in [3.05, 3.63) is 36.5 Å². The summed E-state index contributed by atoms with van der Waals surface area (Å²) in [6, 6.07) is -0.807. The molecule has 0 spiro atoms. The molecule has 0 saturated carbocycles. The van der Waals surface area contributed by atoms with E-state index in [2.05, 4.69) is 43.5 Å². The van der Waals surface area contributed by atoms with Gasteiger partial charge in [0, 0.05) is 12.8 Å². The summed E-state index contributed by atoms with van der Waals surface area (Å²) in [7, 11) is 0. The Labute approximate surface area is 555 Å². The highest BCUT2D eigenvalue weighted by molar-refractivity contribution is 5.76. The second-order valence-corrected chi connectivity index (χ2v) is 27.4. The molecule has 1 heterocycles. The molecule has 1 amide bonds. The molecular formula is C79H149NO10. The molecule has 0 bridgehead atoms. The van der Waals surface area contributed by atoms with Gasteiger partial charge in [-0.05, 0) is 64.2 Å². The van der Waals surface area contributed by atoms with Crippen LogP contribution in [0.4, 0.5) is 0 Å². The quantitative estimate of drug-likeness (QED) is 0.0195. The minimum atomic E-state index is -1.57. The first-order valence-corrected chi connectivity index (χ1v) is 39.3. The van der Waals surface area contributed by atoms with Crippen molar-refractivity contribution in [2.75, 3.05) is 19.8 Å². The van der Waals surface area contributed by atoms with E-state index in [0.717, 1.165) is 57.8 Å². The number of carbonyl (C=O) groups excluding carboxylic acids is 2. The van der Waals surface area contributed by atoms with Crippen LogP contribution in [0.2, 0.25) is 0 Å². The normalized spacial score (nSPS) is 17.8. The molecule has 0 radical (unpaired) electrons. The molecule has 0 aromatic rings. The van der Waals surface area contributed by atoms with E-state index >= 15 is 0 Å². The minimum Gasteiger partial charge on any atom is -0.466 e. The number of rotatable bonds is 70. The molecule has 7 atom stereocenters. The Bertz CT molecular complexity index is 1590. The summed E-state index contributed by atoms with van der Waals surface area (Å²) in [5, 5.41) is 54.4. The first-order valence-electron chi connectivity index (χ1n) is 39.3. The fraction of sp³-hybridized carbons (Fsp3) is 0.899. The van der Waals surface area contributed by atoms with Crippen LogP contribution < -0.4 is 5.32 Å². The lowest BCUT2D eigenvalue weighted by Crippen LogP contribution is -2.60. The summed E-state index contributed by atoms with van der Waals surface area (Å²) >= 11 is 0. The second-order valence-electron chi connectivity index (χ2n) is 27.4. The van der Waals surface area contributed by atoms with E-state index in [1.807, 2.05) is 6.08 Å². The molecule has 0 aromatic heterocycles. The van der Waals surface area contributed by atoms with Gasteiger partial charge in [0.15, 0.2) is 6.29 Å². The van der Waals surface area contributed by atoms with Crippen LogP contribution in [-0.4, -0.2) is 100 Å². The number of aliphatic hydroxyl groups excluding tert-OH is 5. The summed E-state index contributed by atoms with van der Waals surface area (Å²) in [4.78, 5) is 25.1. The molecule has 90 heavy (non-hydrogen) atoms. The van der Waals surface area contributed by atoms with Crippen molar-refractivity contribution in [3.63, 3.8) is 0 Å². The summed E-state index contributed by atoms with van der Waals surface area (Å²) < 4.78 is 16.7. The van der Waals surface area contributed by atoms with Gasteiger partial charge in [0.25, 0.3) is 0 Å². The number of esters is 1. The van der Waals surface area contributed by atoms with Crippen LogP contribution in [0.1, 0.15) is 393 Å². The van der Waals surface area contributed by atoms with Crippen LogP contribution in [0.15, 0.2) is 36.5 Å². The van der Waals surface area contributed by atoms with Gasteiger partial charge < -0.3 is 45.1 Å². The number of aliphatic hydroxyl groups is 5. The molecule has 0 aliphatic carbocycles. The molecule has 7 unspecified atom stereocenters. The Morgan fingerprint density at radius 2 is 0.744 bits per heavy atom. The van der Waals surface area contributed by atoms with Crippen LogP contribution >= 0.6 is 0 Å². The predicted molar refractivity (Wildman–Crippen MR) is 380 cm³/mol. The van der Waals surface area contributed by atoms with Gasteiger partial charge in [0.1, 0.15) is 24.4 Å². The third-order valence-electron chi connectivity index (χ3n) is 18.7. The molecule has 1 saturated heterocycles. The number of ether oxygens (including phenoxy) is 3. The zero-order valence-corrected chi connectivity index (χ0v) is 59.1. The smallest absolute Gasteiger partial charge is 0.305 e. The summed E-state index contributed by atoms with van der Waals surface area (Å²) in [5.41, 5.74) is 0. The third kappa shape index (κ3) is 56.2. The van der Waals surface area contributed by atoms with Crippen molar-refractivity contribution in [2.24, 2.45) is 0 Å². The average Bonchev–Trinajstić information content (AvgIpc) is 3.56. The van der Waals surface area contributed by atoms with E-state index in [1.165, 1.54) is 308 Å². The minimum absolute atomic E-state index is 0.0161. The first-order chi connectivity index (χ1) is 44.2. The van der Waals surface area contributed by atoms with E-state index in [1.54, 1.807) is 6.08 Å². The second kappa shape index (κ2) is 68.3. The van der Waals surface area contributed by atoms with Gasteiger partial charge in [-0.25, -0.2) is 0 Å². The Balaban J connectivity index is 1.88.